The maximum absolute atomic E-state index is 11.3. The van der Waals surface area contributed by atoms with Gasteiger partial charge in [0.1, 0.15) is 12.7 Å². The number of allylic oxidation sites excluding steroid dienone is 3. The molecular formula is C23H42N4O4. The molecule has 178 valence electrons. The minimum absolute atomic E-state index is 0.0666. The Balaban J connectivity index is 0.000000311. The van der Waals surface area contributed by atoms with Crippen LogP contribution in [0.15, 0.2) is 24.3 Å². The lowest BCUT2D eigenvalue weighted by Gasteiger charge is -2.18. The molecule has 2 atom stereocenters. The molecule has 0 radical (unpaired) electrons. The molecule has 0 saturated heterocycles. The van der Waals surface area contributed by atoms with E-state index in [0.717, 1.165) is 51.4 Å². The third-order valence-corrected chi connectivity index (χ3v) is 5.02. The number of carbonyl (C=O) groups excluding carboxylic acids is 2. The van der Waals surface area contributed by atoms with Crippen molar-refractivity contribution < 1.29 is 19.1 Å². The maximum Gasteiger partial charge on any atom is 0.407 e. The highest BCUT2D eigenvalue weighted by molar-refractivity contribution is 5.77. The van der Waals surface area contributed by atoms with Gasteiger partial charge in [0.25, 0.3) is 0 Å². The van der Waals surface area contributed by atoms with Gasteiger partial charge >= 0.3 is 6.09 Å². The average Bonchev–Trinajstić information content (AvgIpc) is 2.72. The third kappa shape index (κ3) is 15.5. The summed E-state index contributed by atoms with van der Waals surface area (Å²) in [4.78, 5) is 22.5. The van der Waals surface area contributed by atoms with Crippen LogP contribution in [0, 0.1) is 0 Å². The van der Waals surface area contributed by atoms with Gasteiger partial charge in [0.2, 0.25) is 5.91 Å². The number of alkyl carbamates (subject to hydrolysis) is 1. The van der Waals surface area contributed by atoms with Gasteiger partial charge < -0.3 is 31.6 Å². The molecule has 2 amide bonds. The first-order chi connectivity index (χ1) is 15.2. The SMILES string of the molecule is NCCNC(=O)CO[C@H]1CC/C=C/CCC1.NCCNC(=O)O[C@@H]1/C=C/CCCCC1. The van der Waals surface area contributed by atoms with E-state index in [1.54, 1.807) is 0 Å². The quantitative estimate of drug-likeness (QED) is 0.431. The lowest BCUT2D eigenvalue weighted by molar-refractivity contribution is -0.127. The van der Waals surface area contributed by atoms with Crippen molar-refractivity contribution in [1.29, 1.82) is 0 Å². The fraction of sp³-hybridized carbons (Fsp3) is 0.739. The lowest BCUT2D eigenvalue weighted by Crippen LogP contribution is -2.33. The van der Waals surface area contributed by atoms with Crippen molar-refractivity contribution in [3.8, 4) is 0 Å². The van der Waals surface area contributed by atoms with Crippen molar-refractivity contribution in [2.45, 2.75) is 76.4 Å². The molecule has 0 heterocycles. The zero-order valence-electron chi connectivity index (χ0n) is 18.9. The molecule has 0 spiro atoms. The van der Waals surface area contributed by atoms with E-state index in [-0.39, 0.29) is 30.8 Å². The molecule has 8 heteroatoms. The predicted octanol–water partition coefficient (Wildman–Crippen LogP) is 2.53. The molecule has 0 saturated carbocycles. The largest absolute Gasteiger partial charge is 0.442 e. The number of hydrogen-bond acceptors (Lipinski definition) is 6. The molecule has 0 bridgehead atoms. The van der Waals surface area contributed by atoms with Gasteiger partial charge in [-0.2, -0.15) is 0 Å². The second kappa shape index (κ2) is 18.8. The summed E-state index contributed by atoms with van der Waals surface area (Å²) in [6, 6.07) is 0. The summed E-state index contributed by atoms with van der Waals surface area (Å²) in [6.07, 6.45) is 19.3. The Morgan fingerprint density at radius 2 is 1.58 bits per heavy atom. The second-order valence-electron chi connectivity index (χ2n) is 7.78. The highest BCUT2D eigenvalue weighted by Gasteiger charge is 2.12. The zero-order valence-corrected chi connectivity index (χ0v) is 18.9. The zero-order chi connectivity index (χ0) is 22.6. The van der Waals surface area contributed by atoms with E-state index in [4.69, 9.17) is 20.9 Å². The number of amides is 2. The number of nitrogens with two attached hydrogens (primary N) is 2. The number of nitrogens with one attached hydrogen (secondary N) is 2. The van der Waals surface area contributed by atoms with Crippen LogP contribution in [-0.2, 0) is 14.3 Å². The molecule has 6 N–H and O–H groups in total. The van der Waals surface area contributed by atoms with Gasteiger partial charge in [-0.05, 0) is 63.9 Å². The molecule has 8 nitrogen and oxygen atoms in total. The number of rotatable bonds is 8. The van der Waals surface area contributed by atoms with Gasteiger partial charge in [0.05, 0.1) is 6.10 Å². The second-order valence-corrected chi connectivity index (χ2v) is 7.78. The summed E-state index contributed by atoms with van der Waals surface area (Å²) < 4.78 is 10.8. The Hall–Kier alpha value is -1.90. The Bertz CT molecular complexity index is 540. The summed E-state index contributed by atoms with van der Waals surface area (Å²) in [5, 5.41) is 5.29. The third-order valence-electron chi connectivity index (χ3n) is 5.02. The molecule has 0 aromatic rings. The summed E-state index contributed by atoms with van der Waals surface area (Å²) >= 11 is 0. The van der Waals surface area contributed by atoms with Crippen molar-refractivity contribution in [2.24, 2.45) is 11.5 Å². The van der Waals surface area contributed by atoms with Gasteiger partial charge in [0, 0.05) is 26.2 Å². The van der Waals surface area contributed by atoms with E-state index < -0.39 is 0 Å². The first kappa shape index (κ1) is 27.1. The van der Waals surface area contributed by atoms with Crippen LogP contribution >= 0.6 is 0 Å². The van der Waals surface area contributed by atoms with Crippen molar-refractivity contribution in [1.82, 2.24) is 10.6 Å². The first-order valence-electron chi connectivity index (χ1n) is 11.7. The minimum atomic E-state index is -0.365. The average molecular weight is 439 g/mol. The molecule has 0 aromatic heterocycles. The van der Waals surface area contributed by atoms with Crippen LogP contribution in [0.25, 0.3) is 0 Å². The Labute approximate surface area is 187 Å². The highest BCUT2D eigenvalue weighted by atomic mass is 16.6. The van der Waals surface area contributed by atoms with Crippen LogP contribution in [0.3, 0.4) is 0 Å². The highest BCUT2D eigenvalue weighted by Crippen LogP contribution is 2.15. The van der Waals surface area contributed by atoms with Gasteiger partial charge in [-0.1, -0.05) is 24.6 Å². The minimum Gasteiger partial charge on any atom is -0.442 e. The van der Waals surface area contributed by atoms with E-state index in [9.17, 15) is 9.59 Å². The topological polar surface area (TPSA) is 129 Å². The van der Waals surface area contributed by atoms with E-state index in [1.165, 1.54) is 12.8 Å². The van der Waals surface area contributed by atoms with Crippen LogP contribution in [-0.4, -0.2) is 57.0 Å². The Morgan fingerprint density at radius 1 is 0.839 bits per heavy atom. The van der Waals surface area contributed by atoms with Crippen molar-refractivity contribution in [3.63, 3.8) is 0 Å². The van der Waals surface area contributed by atoms with E-state index in [0.29, 0.717) is 26.2 Å². The van der Waals surface area contributed by atoms with Gasteiger partial charge in [-0.3, -0.25) is 4.79 Å². The number of carbonyl (C=O) groups is 2. The van der Waals surface area contributed by atoms with E-state index in [2.05, 4.69) is 28.9 Å². The van der Waals surface area contributed by atoms with E-state index in [1.807, 2.05) is 6.08 Å². The smallest absolute Gasteiger partial charge is 0.407 e. The fourth-order valence-corrected chi connectivity index (χ4v) is 3.33. The lowest BCUT2D eigenvalue weighted by atomic mass is 10.0. The van der Waals surface area contributed by atoms with Crippen LogP contribution in [0.2, 0.25) is 0 Å². The van der Waals surface area contributed by atoms with Gasteiger partial charge in [-0.25, -0.2) is 4.79 Å². The number of hydrogen-bond donors (Lipinski definition) is 4. The van der Waals surface area contributed by atoms with Crippen LogP contribution in [0.4, 0.5) is 4.79 Å². The van der Waals surface area contributed by atoms with Crippen LogP contribution in [0.1, 0.15) is 64.2 Å². The van der Waals surface area contributed by atoms with Crippen molar-refractivity contribution in [2.75, 3.05) is 32.8 Å². The molecule has 2 aliphatic rings. The molecule has 31 heavy (non-hydrogen) atoms. The summed E-state index contributed by atoms with van der Waals surface area (Å²) in [5.41, 5.74) is 10.6. The van der Waals surface area contributed by atoms with Gasteiger partial charge in [-0.15, -0.1) is 0 Å². The van der Waals surface area contributed by atoms with Crippen LogP contribution in [0.5, 0.6) is 0 Å². The summed E-state index contributed by atoms with van der Waals surface area (Å²) in [5.74, 6) is -0.0666. The van der Waals surface area contributed by atoms with Crippen LogP contribution < -0.4 is 22.1 Å². The summed E-state index contributed by atoms with van der Waals surface area (Å²) in [6.45, 7) is 2.06. The first-order valence-corrected chi connectivity index (χ1v) is 11.7. The Kier molecular flexibility index (Phi) is 16.5. The molecule has 2 rings (SSSR count). The number of ether oxygens (including phenoxy) is 2. The predicted molar refractivity (Wildman–Crippen MR) is 124 cm³/mol. The normalized spacial score (nSPS) is 23.4. The molecular weight excluding hydrogens is 396 g/mol. The monoisotopic (exact) mass is 438 g/mol. The standard InChI is InChI=1S/C12H22N2O2.C11H20N2O2/c13-8-9-14-12(15)10-16-11-6-4-2-1-3-5-7-11;12-8-9-13-11(14)15-10-6-4-2-1-3-5-7-10/h1-2,11H,3-10,13H2,(H,14,15);4,6,10H,1-3,5,7-9,12H2,(H,13,14)/b2-1+;6-4+/t11-;10-/m01/s1. The van der Waals surface area contributed by atoms with Crippen molar-refractivity contribution in [3.05, 3.63) is 24.3 Å². The van der Waals surface area contributed by atoms with E-state index >= 15 is 0 Å². The van der Waals surface area contributed by atoms with Gasteiger partial charge in [0.15, 0.2) is 0 Å². The molecule has 0 aliphatic heterocycles. The molecule has 2 aliphatic carbocycles. The van der Waals surface area contributed by atoms with Crippen molar-refractivity contribution >= 4 is 12.0 Å². The summed E-state index contributed by atoms with van der Waals surface area (Å²) in [7, 11) is 0. The Morgan fingerprint density at radius 3 is 2.39 bits per heavy atom. The molecule has 0 aromatic carbocycles. The molecule has 0 fully saturated rings. The fourth-order valence-electron chi connectivity index (χ4n) is 3.33. The molecule has 0 unspecified atom stereocenters. The maximum atomic E-state index is 11.3.